The SMILES string of the molecule is CCCCCCC(CBr)c1ccccc1Br. The molecular formula is C14H20Br2. The second-order valence-electron chi connectivity index (χ2n) is 4.22. The smallest absolute Gasteiger partial charge is 0.0210 e. The summed E-state index contributed by atoms with van der Waals surface area (Å²) in [6.45, 7) is 2.26. The first-order valence-corrected chi connectivity index (χ1v) is 8.01. The molecule has 0 aliphatic rings. The maximum Gasteiger partial charge on any atom is 0.0210 e. The molecule has 0 amide bonds. The van der Waals surface area contributed by atoms with Gasteiger partial charge in [0.15, 0.2) is 0 Å². The lowest BCUT2D eigenvalue weighted by Gasteiger charge is -2.16. The third kappa shape index (κ3) is 4.58. The third-order valence-electron chi connectivity index (χ3n) is 2.94. The van der Waals surface area contributed by atoms with Crippen molar-refractivity contribution >= 4 is 31.9 Å². The fraction of sp³-hybridized carbons (Fsp3) is 0.571. The highest BCUT2D eigenvalue weighted by atomic mass is 79.9. The van der Waals surface area contributed by atoms with E-state index in [0.29, 0.717) is 5.92 Å². The average molecular weight is 348 g/mol. The van der Waals surface area contributed by atoms with Crippen molar-refractivity contribution in [3.05, 3.63) is 34.3 Å². The Morgan fingerprint density at radius 3 is 2.50 bits per heavy atom. The molecule has 0 aliphatic heterocycles. The minimum absolute atomic E-state index is 0.646. The van der Waals surface area contributed by atoms with E-state index in [4.69, 9.17) is 0 Å². The van der Waals surface area contributed by atoms with Crippen LogP contribution in [0.2, 0.25) is 0 Å². The molecule has 0 saturated carbocycles. The van der Waals surface area contributed by atoms with Crippen LogP contribution >= 0.6 is 31.9 Å². The number of halogens is 2. The summed E-state index contributed by atoms with van der Waals surface area (Å²) in [4.78, 5) is 0. The van der Waals surface area contributed by atoms with Crippen molar-refractivity contribution in [2.24, 2.45) is 0 Å². The number of unbranched alkanes of at least 4 members (excludes halogenated alkanes) is 3. The Morgan fingerprint density at radius 1 is 1.12 bits per heavy atom. The molecule has 0 radical (unpaired) electrons. The fourth-order valence-corrected chi connectivity index (χ4v) is 3.22. The monoisotopic (exact) mass is 346 g/mol. The average Bonchev–Trinajstić information content (AvgIpc) is 2.31. The van der Waals surface area contributed by atoms with Gasteiger partial charge in [0, 0.05) is 9.80 Å². The molecule has 0 aliphatic carbocycles. The molecule has 1 aromatic rings. The molecule has 16 heavy (non-hydrogen) atoms. The van der Waals surface area contributed by atoms with Gasteiger partial charge in [0.1, 0.15) is 0 Å². The van der Waals surface area contributed by atoms with Crippen molar-refractivity contribution < 1.29 is 0 Å². The molecule has 1 rings (SSSR count). The Labute approximate surface area is 116 Å². The van der Waals surface area contributed by atoms with Crippen LogP contribution in [0.3, 0.4) is 0 Å². The predicted octanol–water partition coefficient (Wildman–Crippen LogP) is 5.90. The van der Waals surface area contributed by atoms with Crippen LogP contribution in [0, 0.1) is 0 Å². The van der Waals surface area contributed by atoms with Gasteiger partial charge in [-0.1, -0.05) is 82.7 Å². The second-order valence-corrected chi connectivity index (χ2v) is 5.72. The zero-order valence-electron chi connectivity index (χ0n) is 9.89. The van der Waals surface area contributed by atoms with E-state index in [9.17, 15) is 0 Å². The maximum atomic E-state index is 3.64. The fourth-order valence-electron chi connectivity index (χ4n) is 1.94. The van der Waals surface area contributed by atoms with Crippen LogP contribution in [0.4, 0.5) is 0 Å². The molecule has 0 saturated heterocycles. The zero-order valence-corrected chi connectivity index (χ0v) is 13.1. The predicted molar refractivity (Wildman–Crippen MR) is 79.4 cm³/mol. The molecule has 1 aromatic carbocycles. The summed E-state index contributed by atoms with van der Waals surface area (Å²) in [7, 11) is 0. The van der Waals surface area contributed by atoms with E-state index in [1.165, 1.54) is 42.1 Å². The number of rotatable bonds is 7. The van der Waals surface area contributed by atoms with Crippen LogP contribution in [0.5, 0.6) is 0 Å². The van der Waals surface area contributed by atoms with Crippen LogP contribution in [0.25, 0.3) is 0 Å². The molecule has 0 heterocycles. The lowest BCUT2D eigenvalue weighted by Crippen LogP contribution is -2.01. The first kappa shape index (κ1) is 14.2. The molecule has 1 atom stereocenters. The summed E-state index contributed by atoms with van der Waals surface area (Å²) in [5.41, 5.74) is 1.44. The summed E-state index contributed by atoms with van der Waals surface area (Å²) in [5.74, 6) is 0.646. The first-order valence-electron chi connectivity index (χ1n) is 6.10. The minimum atomic E-state index is 0.646. The van der Waals surface area contributed by atoms with Gasteiger partial charge in [0.2, 0.25) is 0 Å². The summed E-state index contributed by atoms with van der Waals surface area (Å²) in [5, 5.41) is 1.06. The highest BCUT2D eigenvalue weighted by molar-refractivity contribution is 9.10. The van der Waals surface area contributed by atoms with E-state index in [1.807, 2.05) is 0 Å². The molecule has 0 fully saturated rings. The lowest BCUT2D eigenvalue weighted by atomic mass is 9.95. The summed E-state index contributed by atoms with van der Waals surface area (Å²) >= 11 is 7.27. The Morgan fingerprint density at radius 2 is 1.88 bits per heavy atom. The van der Waals surface area contributed by atoms with E-state index >= 15 is 0 Å². The molecule has 0 N–H and O–H groups in total. The minimum Gasteiger partial charge on any atom is -0.0921 e. The second kappa shape index (κ2) is 8.30. The van der Waals surface area contributed by atoms with E-state index in [0.717, 1.165) is 5.33 Å². The number of alkyl halides is 1. The Kier molecular flexibility index (Phi) is 7.39. The Bertz CT molecular complexity index is 297. The molecule has 2 heteroatoms. The van der Waals surface area contributed by atoms with Gasteiger partial charge >= 0.3 is 0 Å². The topological polar surface area (TPSA) is 0 Å². The highest BCUT2D eigenvalue weighted by Gasteiger charge is 2.12. The number of hydrogen-bond acceptors (Lipinski definition) is 0. The van der Waals surface area contributed by atoms with Crippen LogP contribution < -0.4 is 0 Å². The van der Waals surface area contributed by atoms with Gasteiger partial charge in [-0.2, -0.15) is 0 Å². The molecule has 1 unspecified atom stereocenters. The molecule has 0 spiro atoms. The van der Waals surface area contributed by atoms with Gasteiger partial charge < -0.3 is 0 Å². The van der Waals surface area contributed by atoms with Gasteiger partial charge in [-0.3, -0.25) is 0 Å². The molecule has 0 aromatic heterocycles. The number of hydrogen-bond donors (Lipinski definition) is 0. The van der Waals surface area contributed by atoms with E-state index in [2.05, 4.69) is 63.0 Å². The van der Waals surface area contributed by atoms with Crippen molar-refractivity contribution in [1.29, 1.82) is 0 Å². The van der Waals surface area contributed by atoms with Crippen molar-refractivity contribution in [2.45, 2.75) is 44.9 Å². The number of benzene rings is 1. The summed E-state index contributed by atoms with van der Waals surface area (Å²) < 4.78 is 1.25. The van der Waals surface area contributed by atoms with Crippen LogP contribution in [0.1, 0.15) is 50.5 Å². The summed E-state index contributed by atoms with van der Waals surface area (Å²) in [6, 6.07) is 8.57. The zero-order chi connectivity index (χ0) is 11.8. The van der Waals surface area contributed by atoms with Crippen LogP contribution in [-0.4, -0.2) is 5.33 Å². The van der Waals surface area contributed by atoms with Crippen molar-refractivity contribution in [2.75, 3.05) is 5.33 Å². The Balaban J connectivity index is 2.51. The van der Waals surface area contributed by atoms with Gasteiger partial charge in [-0.25, -0.2) is 0 Å². The largest absolute Gasteiger partial charge is 0.0921 e. The van der Waals surface area contributed by atoms with Crippen LogP contribution in [0.15, 0.2) is 28.7 Å². The molecular weight excluding hydrogens is 328 g/mol. The van der Waals surface area contributed by atoms with E-state index in [1.54, 1.807) is 0 Å². The van der Waals surface area contributed by atoms with E-state index < -0.39 is 0 Å². The molecule has 90 valence electrons. The van der Waals surface area contributed by atoms with Crippen LogP contribution in [-0.2, 0) is 0 Å². The lowest BCUT2D eigenvalue weighted by molar-refractivity contribution is 0.584. The Hall–Kier alpha value is 0.180. The maximum absolute atomic E-state index is 3.64. The quantitative estimate of drug-likeness (QED) is 0.425. The van der Waals surface area contributed by atoms with Gasteiger partial charge in [-0.15, -0.1) is 0 Å². The highest BCUT2D eigenvalue weighted by Crippen LogP contribution is 2.30. The third-order valence-corrected chi connectivity index (χ3v) is 4.44. The standard InChI is InChI=1S/C14H20Br2/c1-2-3-4-5-8-12(11-15)13-9-6-7-10-14(13)16/h6-7,9-10,12H,2-5,8,11H2,1H3. The van der Waals surface area contributed by atoms with Crippen molar-refractivity contribution in [3.63, 3.8) is 0 Å². The van der Waals surface area contributed by atoms with Crippen molar-refractivity contribution in [1.82, 2.24) is 0 Å². The molecule has 0 nitrogen and oxygen atoms in total. The van der Waals surface area contributed by atoms with Gasteiger partial charge in [0.05, 0.1) is 0 Å². The van der Waals surface area contributed by atoms with Gasteiger partial charge in [0.25, 0.3) is 0 Å². The van der Waals surface area contributed by atoms with Gasteiger partial charge in [-0.05, 0) is 24.0 Å². The molecule has 0 bridgehead atoms. The van der Waals surface area contributed by atoms with E-state index in [-0.39, 0.29) is 0 Å². The normalized spacial score (nSPS) is 12.7. The summed E-state index contributed by atoms with van der Waals surface area (Å²) in [6.07, 6.45) is 6.67. The first-order chi connectivity index (χ1) is 7.79. The van der Waals surface area contributed by atoms with Crippen molar-refractivity contribution in [3.8, 4) is 0 Å².